The van der Waals surface area contributed by atoms with Gasteiger partial charge in [0.1, 0.15) is 5.75 Å². The molecule has 3 nitrogen and oxygen atoms in total. The second kappa shape index (κ2) is 4.42. The number of fused-ring (bicyclic) bond motifs is 1. The summed E-state index contributed by atoms with van der Waals surface area (Å²) in [6, 6.07) is 13.6. The molecule has 0 N–H and O–H groups in total. The second-order valence-electron chi connectivity index (χ2n) is 4.59. The van der Waals surface area contributed by atoms with Crippen LogP contribution >= 0.6 is 0 Å². The van der Waals surface area contributed by atoms with Crippen molar-refractivity contribution >= 4 is 16.7 Å². The number of rotatable bonds is 3. The molecule has 18 heavy (non-hydrogen) atoms. The molecular formula is C15H14O3. The van der Waals surface area contributed by atoms with Crippen molar-refractivity contribution in [3.8, 4) is 5.75 Å². The summed E-state index contributed by atoms with van der Waals surface area (Å²) in [5.41, 5.74) is 0. The lowest BCUT2D eigenvalue weighted by Crippen LogP contribution is -2.22. The van der Waals surface area contributed by atoms with Gasteiger partial charge in [-0.3, -0.25) is 4.79 Å². The van der Waals surface area contributed by atoms with Crippen LogP contribution in [0.2, 0.25) is 0 Å². The fraction of sp³-hybridized carbons (Fsp3) is 0.267. The molecule has 0 saturated carbocycles. The van der Waals surface area contributed by atoms with Gasteiger partial charge in [-0.2, -0.15) is 0 Å². The van der Waals surface area contributed by atoms with Gasteiger partial charge in [0.25, 0.3) is 0 Å². The number of hydrogen-bond acceptors (Lipinski definition) is 3. The van der Waals surface area contributed by atoms with Gasteiger partial charge in [0.15, 0.2) is 0 Å². The van der Waals surface area contributed by atoms with Gasteiger partial charge in [-0.15, -0.1) is 0 Å². The van der Waals surface area contributed by atoms with Crippen molar-refractivity contribution in [3.63, 3.8) is 0 Å². The molecule has 2 atom stereocenters. The summed E-state index contributed by atoms with van der Waals surface area (Å²) in [5.74, 6) is 0.162. The summed E-state index contributed by atoms with van der Waals surface area (Å²) in [5, 5.41) is 2.20. The quantitative estimate of drug-likeness (QED) is 0.472. The fourth-order valence-corrected chi connectivity index (χ4v) is 1.94. The molecule has 1 fully saturated rings. The van der Waals surface area contributed by atoms with Crippen molar-refractivity contribution in [2.45, 2.75) is 13.0 Å². The molecule has 3 heteroatoms. The van der Waals surface area contributed by atoms with Crippen LogP contribution in [0.25, 0.3) is 10.8 Å². The minimum atomic E-state index is -0.229. The first kappa shape index (κ1) is 11.2. The standard InChI is InChI=1S/C15H14O3/c1-10(14-9-17-14)15(16)18-13-7-6-11-4-2-3-5-12(11)8-13/h2-8,10,14H,9H2,1H3. The van der Waals surface area contributed by atoms with Gasteiger partial charge in [0.05, 0.1) is 18.6 Å². The van der Waals surface area contributed by atoms with Gasteiger partial charge >= 0.3 is 5.97 Å². The average molecular weight is 242 g/mol. The third kappa shape index (κ3) is 2.22. The van der Waals surface area contributed by atoms with Crippen molar-refractivity contribution < 1.29 is 14.3 Å². The van der Waals surface area contributed by atoms with E-state index >= 15 is 0 Å². The lowest BCUT2D eigenvalue weighted by molar-refractivity contribution is -0.138. The highest BCUT2D eigenvalue weighted by molar-refractivity contribution is 5.85. The zero-order valence-electron chi connectivity index (χ0n) is 10.1. The van der Waals surface area contributed by atoms with Crippen LogP contribution in [0.3, 0.4) is 0 Å². The number of hydrogen-bond donors (Lipinski definition) is 0. The summed E-state index contributed by atoms with van der Waals surface area (Å²) in [7, 11) is 0. The monoisotopic (exact) mass is 242 g/mol. The predicted octanol–water partition coefficient (Wildman–Crippen LogP) is 2.78. The molecular weight excluding hydrogens is 228 g/mol. The maximum atomic E-state index is 11.8. The van der Waals surface area contributed by atoms with Crippen LogP contribution < -0.4 is 4.74 Å². The van der Waals surface area contributed by atoms with E-state index in [0.717, 1.165) is 10.8 Å². The number of benzene rings is 2. The van der Waals surface area contributed by atoms with E-state index in [1.807, 2.05) is 49.4 Å². The maximum Gasteiger partial charge on any atom is 0.316 e. The molecule has 0 aromatic heterocycles. The molecule has 0 bridgehead atoms. The van der Waals surface area contributed by atoms with Gasteiger partial charge < -0.3 is 9.47 Å². The van der Waals surface area contributed by atoms with Crippen LogP contribution in [-0.2, 0) is 9.53 Å². The van der Waals surface area contributed by atoms with Gasteiger partial charge in [-0.05, 0) is 29.8 Å². The molecule has 1 aliphatic rings. The lowest BCUT2D eigenvalue weighted by Gasteiger charge is -2.09. The van der Waals surface area contributed by atoms with E-state index in [-0.39, 0.29) is 18.0 Å². The lowest BCUT2D eigenvalue weighted by atomic mass is 10.1. The van der Waals surface area contributed by atoms with E-state index in [9.17, 15) is 4.79 Å². The Balaban J connectivity index is 1.79. The van der Waals surface area contributed by atoms with Crippen molar-refractivity contribution in [1.82, 2.24) is 0 Å². The molecule has 0 amide bonds. The largest absolute Gasteiger partial charge is 0.426 e. The van der Waals surface area contributed by atoms with E-state index in [0.29, 0.717) is 12.4 Å². The Morgan fingerprint density at radius 2 is 2.00 bits per heavy atom. The van der Waals surface area contributed by atoms with Gasteiger partial charge in [-0.1, -0.05) is 30.3 Å². The Labute approximate surface area is 105 Å². The third-order valence-electron chi connectivity index (χ3n) is 3.23. The predicted molar refractivity (Wildman–Crippen MR) is 68.5 cm³/mol. The van der Waals surface area contributed by atoms with Crippen molar-refractivity contribution in [3.05, 3.63) is 42.5 Å². The van der Waals surface area contributed by atoms with Gasteiger partial charge in [0.2, 0.25) is 0 Å². The van der Waals surface area contributed by atoms with Crippen LogP contribution in [0.5, 0.6) is 5.75 Å². The third-order valence-corrected chi connectivity index (χ3v) is 3.23. The zero-order chi connectivity index (χ0) is 12.5. The SMILES string of the molecule is CC(C(=O)Oc1ccc2ccccc2c1)C1CO1. The first-order valence-electron chi connectivity index (χ1n) is 6.06. The van der Waals surface area contributed by atoms with Gasteiger partial charge in [-0.25, -0.2) is 0 Å². The Morgan fingerprint density at radius 1 is 1.28 bits per heavy atom. The minimum Gasteiger partial charge on any atom is -0.426 e. The normalized spacial score (nSPS) is 19.5. The van der Waals surface area contributed by atoms with E-state index in [2.05, 4.69) is 0 Å². The molecule has 1 heterocycles. The molecule has 2 unspecified atom stereocenters. The highest BCUT2D eigenvalue weighted by Gasteiger charge is 2.35. The number of esters is 1. The fourth-order valence-electron chi connectivity index (χ4n) is 1.94. The number of epoxide rings is 1. The average Bonchev–Trinajstić information content (AvgIpc) is 3.22. The van der Waals surface area contributed by atoms with Gasteiger partial charge in [0, 0.05) is 0 Å². The van der Waals surface area contributed by atoms with Crippen LogP contribution in [0.15, 0.2) is 42.5 Å². The van der Waals surface area contributed by atoms with Crippen LogP contribution in [0, 0.1) is 5.92 Å². The molecule has 1 saturated heterocycles. The van der Waals surface area contributed by atoms with E-state index in [1.54, 1.807) is 0 Å². The molecule has 2 aromatic carbocycles. The first-order chi connectivity index (χ1) is 8.74. The van der Waals surface area contributed by atoms with E-state index in [1.165, 1.54) is 0 Å². The Morgan fingerprint density at radius 3 is 2.72 bits per heavy atom. The maximum absolute atomic E-state index is 11.8. The van der Waals surface area contributed by atoms with Crippen molar-refractivity contribution in [2.24, 2.45) is 5.92 Å². The molecule has 2 aromatic rings. The topological polar surface area (TPSA) is 38.8 Å². The number of carbonyl (C=O) groups is 1. The Hall–Kier alpha value is -1.87. The number of carbonyl (C=O) groups excluding carboxylic acids is 1. The zero-order valence-corrected chi connectivity index (χ0v) is 10.1. The summed E-state index contributed by atoms with van der Waals surface area (Å²) >= 11 is 0. The Bertz CT molecular complexity index is 587. The van der Waals surface area contributed by atoms with Crippen LogP contribution in [0.1, 0.15) is 6.92 Å². The molecule has 92 valence electrons. The summed E-state index contributed by atoms with van der Waals surface area (Å²) in [4.78, 5) is 11.8. The highest BCUT2D eigenvalue weighted by Crippen LogP contribution is 2.24. The number of ether oxygens (including phenoxy) is 2. The molecule has 1 aliphatic heterocycles. The van der Waals surface area contributed by atoms with Crippen LogP contribution in [0.4, 0.5) is 0 Å². The summed E-state index contributed by atoms with van der Waals surface area (Å²) in [6.45, 7) is 2.50. The first-order valence-corrected chi connectivity index (χ1v) is 6.06. The highest BCUT2D eigenvalue weighted by atomic mass is 16.6. The minimum absolute atomic E-state index is 0.0398. The second-order valence-corrected chi connectivity index (χ2v) is 4.59. The van der Waals surface area contributed by atoms with E-state index < -0.39 is 0 Å². The van der Waals surface area contributed by atoms with Crippen molar-refractivity contribution in [2.75, 3.05) is 6.61 Å². The summed E-state index contributed by atoms with van der Waals surface area (Å²) < 4.78 is 10.5. The smallest absolute Gasteiger partial charge is 0.316 e. The Kier molecular flexibility index (Phi) is 2.76. The molecule has 3 rings (SSSR count). The molecule has 0 spiro atoms. The van der Waals surface area contributed by atoms with Crippen molar-refractivity contribution in [1.29, 1.82) is 0 Å². The van der Waals surface area contributed by atoms with Crippen LogP contribution in [-0.4, -0.2) is 18.7 Å². The summed E-state index contributed by atoms with van der Waals surface area (Å²) in [6.07, 6.45) is 0.0398. The molecule has 0 aliphatic carbocycles. The van der Waals surface area contributed by atoms with E-state index in [4.69, 9.17) is 9.47 Å². The molecule has 0 radical (unpaired) electrons.